The molecule has 0 N–H and O–H groups in total. The van der Waals surface area contributed by atoms with Crippen LogP contribution in [0.3, 0.4) is 0 Å². The fraction of sp³-hybridized carbons (Fsp3) is 0.0625. The number of halogens is 1. The molecule has 0 aliphatic carbocycles. The van der Waals surface area contributed by atoms with Gasteiger partial charge in [0, 0.05) is 4.47 Å². The van der Waals surface area contributed by atoms with Gasteiger partial charge in [0.15, 0.2) is 12.4 Å². The fourth-order valence-electron chi connectivity index (χ4n) is 1.94. The molecule has 3 rings (SSSR count). The summed E-state index contributed by atoms with van der Waals surface area (Å²) in [6, 6.07) is 15.0. The van der Waals surface area contributed by atoms with Gasteiger partial charge in [0.25, 0.3) is 0 Å². The van der Waals surface area contributed by atoms with Crippen molar-refractivity contribution in [2.24, 2.45) is 0 Å². The molecule has 3 nitrogen and oxygen atoms in total. The van der Waals surface area contributed by atoms with Crippen LogP contribution in [0.15, 0.2) is 63.7 Å². The Labute approximate surface area is 124 Å². The highest BCUT2D eigenvalue weighted by atomic mass is 79.9. The van der Waals surface area contributed by atoms with Crippen molar-refractivity contribution in [2.75, 3.05) is 6.61 Å². The van der Waals surface area contributed by atoms with E-state index in [0.717, 1.165) is 15.2 Å². The van der Waals surface area contributed by atoms with Gasteiger partial charge in [-0.05, 0) is 47.2 Å². The number of fused-ring (bicyclic) bond motifs is 1. The Morgan fingerprint density at radius 1 is 1.10 bits per heavy atom. The van der Waals surface area contributed by atoms with E-state index in [4.69, 9.17) is 9.15 Å². The zero-order chi connectivity index (χ0) is 13.9. The van der Waals surface area contributed by atoms with Crippen LogP contribution in [0.25, 0.3) is 10.8 Å². The van der Waals surface area contributed by atoms with Crippen LogP contribution in [-0.4, -0.2) is 12.4 Å². The van der Waals surface area contributed by atoms with E-state index >= 15 is 0 Å². The van der Waals surface area contributed by atoms with Crippen LogP contribution in [0.5, 0.6) is 5.75 Å². The van der Waals surface area contributed by atoms with Crippen LogP contribution in [0.4, 0.5) is 0 Å². The van der Waals surface area contributed by atoms with Crippen LogP contribution in [0.2, 0.25) is 0 Å². The maximum absolute atomic E-state index is 11.8. The van der Waals surface area contributed by atoms with Gasteiger partial charge in [-0.15, -0.1) is 0 Å². The maximum Gasteiger partial charge on any atom is 0.235 e. The predicted octanol–water partition coefficient (Wildman–Crippen LogP) is 4.46. The largest absolute Gasteiger partial charge is 0.485 e. The van der Waals surface area contributed by atoms with Crippen LogP contribution < -0.4 is 4.74 Å². The van der Waals surface area contributed by atoms with Gasteiger partial charge >= 0.3 is 0 Å². The van der Waals surface area contributed by atoms with Crippen molar-refractivity contribution >= 4 is 32.5 Å². The molecule has 0 radical (unpaired) electrons. The molecule has 1 aromatic heterocycles. The van der Waals surface area contributed by atoms with E-state index in [2.05, 4.69) is 15.9 Å². The Morgan fingerprint density at radius 2 is 1.90 bits per heavy atom. The van der Waals surface area contributed by atoms with Gasteiger partial charge < -0.3 is 9.15 Å². The molecule has 20 heavy (non-hydrogen) atoms. The first kappa shape index (κ1) is 12.9. The van der Waals surface area contributed by atoms with Crippen molar-refractivity contribution in [3.63, 3.8) is 0 Å². The number of benzene rings is 2. The smallest absolute Gasteiger partial charge is 0.235 e. The molecule has 0 amide bonds. The Hall–Kier alpha value is -2.07. The first-order chi connectivity index (χ1) is 9.72. The summed E-state index contributed by atoms with van der Waals surface area (Å²) in [5.74, 6) is 0.806. The molecule has 0 saturated carbocycles. The van der Waals surface area contributed by atoms with E-state index in [9.17, 15) is 4.79 Å². The Balaban J connectivity index is 1.75. The van der Waals surface area contributed by atoms with Crippen LogP contribution in [-0.2, 0) is 0 Å². The molecular weight excluding hydrogens is 320 g/mol. The number of ether oxygens (including phenoxy) is 1. The van der Waals surface area contributed by atoms with Crippen molar-refractivity contribution in [2.45, 2.75) is 0 Å². The summed E-state index contributed by atoms with van der Waals surface area (Å²) in [6.07, 6.45) is 1.47. The Bertz CT molecular complexity index is 748. The van der Waals surface area contributed by atoms with Gasteiger partial charge in [-0.3, -0.25) is 4.79 Å². The lowest BCUT2D eigenvalue weighted by Crippen LogP contribution is -2.10. The monoisotopic (exact) mass is 330 g/mol. The van der Waals surface area contributed by atoms with Crippen molar-refractivity contribution < 1.29 is 13.9 Å². The number of ketones is 1. The molecule has 0 aliphatic heterocycles. The summed E-state index contributed by atoms with van der Waals surface area (Å²) in [5, 5.41) is 2.18. The van der Waals surface area contributed by atoms with E-state index < -0.39 is 0 Å². The van der Waals surface area contributed by atoms with Gasteiger partial charge in [-0.1, -0.05) is 28.1 Å². The summed E-state index contributed by atoms with van der Waals surface area (Å²) < 4.78 is 11.6. The molecular formula is C16H11BrO3. The lowest BCUT2D eigenvalue weighted by atomic mass is 10.1. The van der Waals surface area contributed by atoms with Gasteiger partial charge in [0.2, 0.25) is 5.78 Å². The molecule has 4 heteroatoms. The Morgan fingerprint density at radius 3 is 2.70 bits per heavy atom. The third kappa shape index (κ3) is 2.75. The van der Waals surface area contributed by atoms with Crippen LogP contribution >= 0.6 is 15.9 Å². The third-order valence-electron chi connectivity index (χ3n) is 2.94. The molecule has 0 bridgehead atoms. The highest BCUT2D eigenvalue weighted by Gasteiger charge is 2.09. The molecule has 100 valence electrons. The summed E-state index contributed by atoms with van der Waals surface area (Å²) in [4.78, 5) is 11.8. The number of carbonyl (C=O) groups is 1. The summed E-state index contributed by atoms with van der Waals surface area (Å²) in [5.41, 5.74) is 0. The van der Waals surface area contributed by atoms with Crippen molar-refractivity contribution in [1.29, 1.82) is 0 Å². The molecule has 0 aliphatic rings. The number of furan rings is 1. The zero-order valence-corrected chi connectivity index (χ0v) is 12.1. The first-order valence-electron chi connectivity index (χ1n) is 6.11. The van der Waals surface area contributed by atoms with E-state index in [0.29, 0.717) is 11.5 Å². The lowest BCUT2D eigenvalue weighted by Gasteiger charge is -2.06. The number of Topliss-reactive ketones (excluding diaryl/α,β-unsaturated/α-hetero) is 1. The minimum atomic E-state index is -0.175. The maximum atomic E-state index is 11.8. The normalized spacial score (nSPS) is 10.7. The van der Waals surface area contributed by atoms with Gasteiger partial charge in [-0.2, -0.15) is 0 Å². The topological polar surface area (TPSA) is 39.4 Å². The minimum absolute atomic E-state index is 0.0322. The molecule has 0 unspecified atom stereocenters. The molecule has 0 atom stereocenters. The van der Waals surface area contributed by atoms with Gasteiger partial charge in [-0.25, -0.2) is 0 Å². The number of carbonyl (C=O) groups excluding carboxylic acids is 1. The third-order valence-corrected chi connectivity index (χ3v) is 3.43. The second kappa shape index (κ2) is 5.51. The van der Waals surface area contributed by atoms with E-state index in [1.165, 1.54) is 6.26 Å². The second-order valence-corrected chi connectivity index (χ2v) is 5.26. The number of rotatable bonds is 4. The molecule has 0 saturated heterocycles. The Kier molecular flexibility index (Phi) is 3.56. The average molecular weight is 331 g/mol. The highest BCUT2D eigenvalue weighted by Crippen LogP contribution is 2.24. The highest BCUT2D eigenvalue weighted by molar-refractivity contribution is 9.10. The van der Waals surface area contributed by atoms with Gasteiger partial charge in [0.05, 0.1) is 6.26 Å². The van der Waals surface area contributed by atoms with Crippen molar-refractivity contribution in [3.8, 4) is 5.75 Å². The first-order valence-corrected chi connectivity index (χ1v) is 6.90. The SMILES string of the molecule is O=C(COc1ccc2cc(Br)ccc2c1)c1ccco1. The van der Waals surface area contributed by atoms with Crippen molar-refractivity contribution in [3.05, 3.63) is 65.0 Å². The summed E-state index contributed by atoms with van der Waals surface area (Å²) in [7, 11) is 0. The summed E-state index contributed by atoms with van der Waals surface area (Å²) in [6.45, 7) is -0.0322. The number of hydrogen-bond acceptors (Lipinski definition) is 3. The van der Waals surface area contributed by atoms with Crippen molar-refractivity contribution in [1.82, 2.24) is 0 Å². The van der Waals surface area contributed by atoms with Gasteiger partial charge in [0.1, 0.15) is 5.75 Å². The van der Waals surface area contributed by atoms with E-state index in [1.807, 2.05) is 36.4 Å². The standard InChI is InChI=1S/C16H11BrO3/c17-13-5-3-12-9-14(6-4-11(12)8-13)20-10-15(18)16-2-1-7-19-16/h1-9H,10H2. The molecule has 3 aromatic rings. The summed E-state index contributed by atoms with van der Waals surface area (Å²) >= 11 is 3.44. The van der Waals surface area contributed by atoms with Crippen LogP contribution in [0.1, 0.15) is 10.6 Å². The van der Waals surface area contributed by atoms with Crippen LogP contribution in [0, 0.1) is 0 Å². The molecule has 1 heterocycles. The quantitative estimate of drug-likeness (QED) is 0.663. The molecule has 0 spiro atoms. The van der Waals surface area contributed by atoms with E-state index in [-0.39, 0.29) is 12.4 Å². The molecule has 0 fully saturated rings. The van der Waals surface area contributed by atoms with E-state index in [1.54, 1.807) is 12.1 Å². The fourth-order valence-corrected chi connectivity index (χ4v) is 2.32. The second-order valence-electron chi connectivity index (χ2n) is 4.34. The zero-order valence-electron chi connectivity index (χ0n) is 10.5. The number of hydrogen-bond donors (Lipinski definition) is 0. The predicted molar refractivity (Wildman–Crippen MR) is 80.2 cm³/mol. The average Bonchev–Trinajstić information content (AvgIpc) is 2.99. The molecule has 2 aromatic carbocycles. The lowest BCUT2D eigenvalue weighted by molar-refractivity contribution is 0.0894. The minimum Gasteiger partial charge on any atom is -0.485 e.